The molecule has 1 amide bonds. The van der Waals surface area contributed by atoms with E-state index in [1.54, 1.807) is 6.07 Å². The summed E-state index contributed by atoms with van der Waals surface area (Å²) >= 11 is 0. The smallest absolute Gasteiger partial charge is 0.231 e. The Kier molecular flexibility index (Phi) is 7.96. The van der Waals surface area contributed by atoms with E-state index in [9.17, 15) is 4.79 Å². The van der Waals surface area contributed by atoms with Gasteiger partial charge in [-0.05, 0) is 36.4 Å². The second-order valence-corrected chi connectivity index (χ2v) is 10.5. The van der Waals surface area contributed by atoms with Gasteiger partial charge in [0.2, 0.25) is 5.91 Å². The summed E-state index contributed by atoms with van der Waals surface area (Å²) in [6.45, 7) is 11.1. The Balaban J connectivity index is 1.15. The van der Waals surface area contributed by atoms with Gasteiger partial charge in [0.15, 0.2) is 5.82 Å². The molecule has 0 aliphatic carbocycles. The second-order valence-electron chi connectivity index (χ2n) is 10.5. The van der Waals surface area contributed by atoms with Crippen molar-refractivity contribution >= 4 is 17.4 Å². The maximum absolute atomic E-state index is 12.5. The van der Waals surface area contributed by atoms with Gasteiger partial charge in [0.05, 0.1) is 25.3 Å². The van der Waals surface area contributed by atoms with Crippen LogP contribution in [0.2, 0.25) is 0 Å². The molecular formula is C30H33N5O4. The molecule has 3 aromatic heterocycles. The number of benzene rings is 1. The third kappa shape index (κ3) is 7.25. The van der Waals surface area contributed by atoms with Gasteiger partial charge in [0.25, 0.3) is 0 Å². The summed E-state index contributed by atoms with van der Waals surface area (Å²) in [4.78, 5) is 19.4. The van der Waals surface area contributed by atoms with Gasteiger partial charge in [0.1, 0.15) is 23.8 Å². The average molecular weight is 528 g/mol. The highest BCUT2D eigenvalue weighted by Gasteiger charge is 2.20. The van der Waals surface area contributed by atoms with Gasteiger partial charge >= 0.3 is 0 Å². The number of nitrogens with one attached hydrogen (secondary N) is 1. The Labute approximate surface area is 228 Å². The van der Waals surface area contributed by atoms with E-state index < -0.39 is 0 Å². The van der Waals surface area contributed by atoms with Crippen LogP contribution in [-0.2, 0) is 21.4 Å². The van der Waals surface area contributed by atoms with Crippen LogP contribution in [0.25, 0.3) is 5.65 Å². The third-order valence-electron chi connectivity index (χ3n) is 6.34. The highest BCUT2D eigenvalue weighted by molar-refractivity contribution is 5.91. The van der Waals surface area contributed by atoms with Crippen LogP contribution in [0, 0.1) is 11.8 Å². The lowest BCUT2D eigenvalue weighted by Gasteiger charge is -2.26. The molecule has 0 spiro atoms. The van der Waals surface area contributed by atoms with Gasteiger partial charge in [-0.2, -0.15) is 0 Å². The molecule has 1 aromatic carbocycles. The highest BCUT2D eigenvalue weighted by atomic mass is 16.5. The molecule has 5 rings (SSSR count). The summed E-state index contributed by atoms with van der Waals surface area (Å²) in [5, 5.41) is 6.72. The van der Waals surface area contributed by atoms with Crippen molar-refractivity contribution in [3.05, 3.63) is 77.4 Å². The Bertz CT molecular complexity index is 1480. The van der Waals surface area contributed by atoms with E-state index >= 15 is 0 Å². The van der Waals surface area contributed by atoms with Crippen molar-refractivity contribution < 1.29 is 18.8 Å². The van der Waals surface area contributed by atoms with E-state index in [1.165, 1.54) is 0 Å². The number of fused-ring (bicyclic) bond motifs is 1. The van der Waals surface area contributed by atoms with E-state index in [-0.39, 0.29) is 17.7 Å². The first-order valence-electron chi connectivity index (χ1n) is 13.1. The summed E-state index contributed by atoms with van der Waals surface area (Å²) in [6, 6.07) is 13.4. The molecule has 0 saturated carbocycles. The van der Waals surface area contributed by atoms with Gasteiger partial charge in [-0.3, -0.25) is 9.69 Å². The summed E-state index contributed by atoms with van der Waals surface area (Å²) in [5.74, 6) is 8.14. The molecule has 0 atom stereocenters. The predicted molar refractivity (Wildman–Crippen MR) is 148 cm³/mol. The summed E-state index contributed by atoms with van der Waals surface area (Å²) in [5.41, 5.74) is 2.97. The monoisotopic (exact) mass is 527 g/mol. The Morgan fingerprint density at radius 3 is 2.54 bits per heavy atom. The Morgan fingerprint density at radius 2 is 1.79 bits per heavy atom. The molecule has 1 saturated heterocycles. The summed E-state index contributed by atoms with van der Waals surface area (Å²) < 4.78 is 18.5. The number of pyridine rings is 1. The van der Waals surface area contributed by atoms with Crippen LogP contribution >= 0.6 is 0 Å². The number of anilines is 1. The molecule has 9 heteroatoms. The first-order valence-corrected chi connectivity index (χ1v) is 13.1. The molecule has 202 valence electrons. The fraction of sp³-hybridized carbons (Fsp3) is 0.367. The fourth-order valence-electron chi connectivity index (χ4n) is 4.14. The molecule has 4 heterocycles. The number of ether oxygens (including phenoxy) is 2. The van der Waals surface area contributed by atoms with Crippen molar-refractivity contribution in [2.45, 2.75) is 32.6 Å². The minimum atomic E-state index is -0.208. The van der Waals surface area contributed by atoms with Gasteiger partial charge < -0.3 is 23.7 Å². The van der Waals surface area contributed by atoms with E-state index in [0.29, 0.717) is 23.9 Å². The zero-order valence-corrected chi connectivity index (χ0v) is 22.6. The number of hydrogen-bond acceptors (Lipinski definition) is 7. The minimum Gasteiger partial charge on any atom is -0.492 e. The normalized spacial score (nSPS) is 14.1. The molecule has 0 bridgehead atoms. The Hall–Kier alpha value is -4.13. The van der Waals surface area contributed by atoms with Crippen LogP contribution in [0.4, 0.5) is 5.82 Å². The predicted octanol–water partition coefficient (Wildman–Crippen LogP) is 3.91. The molecule has 0 radical (unpaired) electrons. The van der Waals surface area contributed by atoms with Crippen molar-refractivity contribution in [2.24, 2.45) is 0 Å². The lowest BCUT2D eigenvalue weighted by molar-refractivity contribution is -0.115. The van der Waals surface area contributed by atoms with E-state index in [0.717, 1.165) is 55.4 Å². The SMILES string of the molecule is CC(C)(C)c1cc(NC(=O)Cc2cn3cc(C#Cc4ccc(OCCN5CCOCC5)cc4)ccc3n2)no1. The van der Waals surface area contributed by atoms with E-state index in [1.807, 2.05) is 74.0 Å². The largest absolute Gasteiger partial charge is 0.492 e. The van der Waals surface area contributed by atoms with Crippen LogP contribution in [0.3, 0.4) is 0 Å². The van der Waals surface area contributed by atoms with Crippen LogP contribution in [0.5, 0.6) is 5.75 Å². The summed E-state index contributed by atoms with van der Waals surface area (Å²) in [6.07, 6.45) is 3.88. The quantitative estimate of drug-likeness (QED) is 0.364. The maximum atomic E-state index is 12.5. The number of rotatable bonds is 7. The van der Waals surface area contributed by atoms with Crippen molar-refractivity contribution in [1.82, 2.24) is 19.4 Å². The molecular weight excluding hydrogens is 494 g/mol. The lowest BCUT2D eigenvalue weighted by atomic mass is 9.93. The third-order valence-corrected chi connectivity index (χ3v) is 6.34. The number of nitrogens with zero attached hydrogens (tertiary/aromatic N) is 4. The Morgan fingerprint density at radius 1 is 1.05 bits per heavy atom. The minimum absolute atomic E-state index is 0.126. The number of aromatic nitrogens is 3. The second kappa shape index (κ2) is 11.7. The van der Waals surface area contributed by atoms with Gasteiger partial charge in [-0.25, -0.2) is 4.98 Å². The number of carbonyl (C=O) groups excluding carboxylic acids is 1. The first-order chi connectivity index (χ1) is 18.8. The van der Waals surface area contributed by atoms with Crippen molar-refractivity contribution in [3.63, 3.8) is 0 Å². The molecule has 9 nitrogen and oxygen atoms in total. The highest BCUT2D eigenvalue weighted by Crippen LogP contribution is 2.24. The number of carbonyl (C=O) groups is 1. The lowest BCUT2D eigenvalue weighted by Crippen LogP contribution is -2.38. The molecule has 1 N–H and O–H groups in total. The first kappa shape index (κ1) is 26.5. The maximum Gasteiger partial charge on any atom is 0.231 e. The van der Waals surface area contributed by atoms with Gasteiger partial charge in [0, 0.05) is 54.6 Å². The van der Waals surface area contributed by atoms with Crippen LogP contribution in [-0.4, -0.2) is 64.8 Å². The molecule has 1 fully saturated rings. The number of hydrogen-bond donors (Lipinski definition) is 1. The van der Waals surface area contributed by atoms with Crippen molar-refractivity contribution in [1.29, 1.82) is 0 Å². The van der Waals surface area contributed by atoms with Crippen LogP contribution in [0.15, 0.2) is 59.4 Å². The van der Waals surface area contributed by atoms with Gasteiger partial charge in [-0.1, -0.05) is 37.8 Å². The average Bonchev–Trinajstić information content (AvgIpc) is 3.55. The van der Waals surface area contributed by atoms with E-state index in [2.05, 4.69) is 32.2 Å². The number of amides is 1. The molecule has 4 aromatic rings. The molecule has 0 unspecified atom stereocenters. The topological polar surface area (TPSA) is 94.1 Å². The molecule has 39 heavy (non-hydrogen) atoms. The van der Waals surface area contributed by atoms with Crippen LogP contribution in [0.1, 0.15) is 43.4 Å². The van der Waals surface area contributed by atoms with Crippen molar-refractivity contribution in [2.75, 3.05) is 44.8 Å². The van der Waals surface area contributed by atoms with E-state index in [4.69, 9.17) is 14.0 Å². The van der Waals surface area contributed by atoms with Gasteiger partial charge in [-0.15, -0.1) is 0 Å². The number of imidazole rings is 1. The fourth-order valence-corrected chi connectivity index (χ4v) is 4.14. The van der Waals surface area contributed by atoms with Crippen LogP contribution < -0.4 is 10.1 Å². The number of morpholine rings is 1. The summed E-state index contributed by atoms with van der Waals surface area (Å²) in [7, 11) is 0. The zero-order valence-electron chi connectivity index (χ0n) is 22.6. The molecule has 1 aliphatic heterocycles. The van der Waals surface area contributed by atoms with Crippen molar-refractivity contribution in [3.8, 4) is 17.6 Å². The zero-order chi connectivity index (χ0) is 27.2. The standard InChI is InChI=1S/C30H33N5O4/c1-30(2,3)26-19-27(33-39-26)32-29(36)18-24-21-35-20-23(8-11-28(35)31-24)5-4-22-6-9-25(10-7-22)38-17-14-34-12-15-37-16-13-34/h6-11,19-21H,12-18H2,1-3H3,(H,32,33,36). The molecule has 1 aliphatic rings.